The van der Waals surface area contributed by atoms with Crippen molar-refractivity contribution < 1.29 is 19.1 Å². The smallest absolute Gasteiger partial charge is 0.265 e. The van der Waals surface area contributed by atoms with Crippen LogP contribution in [0, 0.1) is 0 Å². The van der Waals surface area contributed by atoms with Crippen LogP contribution in [0.2, 0.25) is 5.02 Å². The number of ether oxygens (including phenoxy) is 2. The van der Waals surface area contributed by atoms with Gasteiger partial charge in [-0.25, -0.2) is 0 Å². The van der Waals surface area contributed by atoms with Gasteiger partial charge >= 0.3 is 0 Å². The number of halogens is 1. The first kappa shape index (κ1) is 21.1. The van der Waals surface area contributed by atoms with E-state index in [1.807, 2.05) is 12.1 Å². The highest BCUT2D eigenvalue weighted by atomic mass is 35.5. The lowest BCUT2D eigenvalue weighted by molar-refractivity contribution is -0.117. The third-order valence-corrected chi connectivity index (χ3v) is 6.18. The summed E-state index contributed by atoms with van der Waals surface area (Å²) < 4.78 is 10.6. The predicted octanol–water partition coefficient (Wildman–Crippen LogP) is 3.98. The molecule has 1 fully saturated rings. The standard InChI is InChI=1S/C21H19ClN4O4S/c1-29-15-4-3-5-16(30-2)18(15)19(28)23-21-25-24-20(31-21)12-10-17(27)26(11-12)14-8-6-13(22)7-9-14/h3-9,12H,10-11H2,1-2H3,(H,23,25,28). The van der Waals surface area contributed by atoms with Crippen LogP contribution < -0.4 is 19.7 Å². The van der Waals surface area contributed by atoms with Crippen molar-refractivity contribution in [3.05, 3.63) is 58.1 Å². The SMILES string of the molecule is COc1cccc(OC)c1C(=O)Nc1nnc(C2CC(=O)N(c3ccc(Cl)cc3)C2)s1. The van der Waals surface area contributed by atoms with E-state index in [0.29, 0.717) is 39.6 Å². The minimum absolute atomic E-state index is 0.00636. The van der Waals surface area contributed by atoms with Crippen LogP contribution in [0.1, 0.15) is 27.7 Å². The van der Waals surface area contributed by atoms with Gasteiger partial charge in [-0.1, -0.05) is 29.0 Å². The first-order chi connectivity index (χ1) is 15.0. The number of nitrogens with zero attached hydrogens (tertiary/aromatic N) is 3. The van der Waals surface area contributed by atoms with Gasteiger partial charge in [-0.2, -0.15) is 0 Å². The Labute approximate surface area is 187 Å². The normalized spacial score (nSPS) is 15.8. The molecule has 160 valence electrons. The molecule has 31 heavy (non-hydrogen) atoms. The van der Waals surface area contributed by atoms with E-state index in [1.54, 1.807) is 35.2 Å². The molecule has 0 spiro atoms. The number of carbonyl (C=O) groups excluding carboxylic acids is 2. The molecule has 1 N–H and O–H groups in total. The highest BCUT2D eigenvalue weighted by molar-refractivity contribution is 7.15. The number of hydrogen-bond donors (Lipinski definition) is 1. The van der Waals surface area contributed by atoms with Crippen molar-refractivity contribution in [2.75, 3.05) is 31.0 Å². The van der Waals surface area contributed by atoms with Gasteiger partial charge in [0, 0.05) is 29.6 Å². The number of benzene rings is 2. The zero-order valence-corrected chi connectivity index (χ0v) is 18.4. The summed E-state index contributed by atoms with van der Waals surface area (Å²) in [4.78, 5) is 27.0. The van der Waals surface area contributed by atoms with Gasteiger partial charge in [-0.3, -0.25) is 14.9 Å². The summed E-state index contributed by atoms with van der Waals surface area (Å²) in [7, 11) is 2.97. The molecule has 1 unspecified atom stereocenters. The van der Waals surface area contributed by atoms with Crippen molar-refractivity contribution in [2.24, 2.45) is 0 Å². The monoisotopic (exact) mass is 458 g/mol. The minimum atomic E-state index is -0.415. The van der Waals surface area contributed by atoms with Crippen molar-refractivity contribution in [3.63, 3.8) is 0 Å². The predicted molar refractivity (Wildman–Crippen MR) is 119 cm³/mol. The number of rotatable bonds is 6. The fourth-order valence-corrected chi connectivity index (χ4v) is 4.38. The Bertz CT molecular complexity index is 1100. The molecule has 1 aliphatic rings. The second-order valence-electron chi connectivity index (χ2n) is 6.82. The van der Waals surface area contributed by atoms with E-state index in [0.717, 1.165) is 5.69 Å². The Kier molecular flexibility index (Phi) is 6.06. The van der Waals surface area contributed by atoms with Gasteiger partial charge < -0.3 is 14.4 Å². The van der Waals surface area contributed by atoms with E-state index in [1.165, 1.54) is 25.6 Å². The van der Waals surface area contributed by atoms with Gasteiger partial charge in [0.15, 0.2) is 0 Å². The summed E-state index contributed by atoms with van der Waals surface area (Å²) in [6.45, 7) is 0.489. The molecular weight excluding hydrogens is 440 g/mol. The fraction of sp³-hybridized carbons (Fsp3) is 0.238. The first-order valence-electron chi connectivity index (χ1n) is 9.41. The van der Waals surface area contributed by atoms with Crippen molar-refractivity contribution >= 4 is 45.6 Å². The molecule has 10 heteroatoms. The molecule has 0 saturated carbocycles. The van der Waals surface area contributed by atoms with Crippen LogP contribution in [0.25, 0.3) is 0 Å². The molecule has 8 nitrogen and oxygen atoms in total. The summed E-state index contributed by atoms with van der Waals surface area (Å²) in [6, 6.07) is 12.2. The molecule has 0 aliphatic carbocycles. The average molecular weight is 459 g/mol. The maximum atomic E-state index is 12.8. The molecule has 0 radical (unpaired) electrons. The Morgan fingerprint density at radius 1 is 1.13 bits per heavy atom. The van der Waals surface area contributed by atoms with Gasteiger partial charge in [-0.05, 0) is 36.4 Å². The van der Waals surface area contributed by atoms with Crippen molar-refractivity contribution in [1.29, 1.82) is 0 Å². The van der Waals surface area contributed by atoms with E-state index in [4.69, 9.17) is 21.1 Å². The topological polar surface area (TPSA) is 93.6 Å². The minimum Gasteiger partial charge on any atom is -0.496 e. The van der Waals surface area contributed by atoms with Crippen molar-refractivity contribution in [2.45, 2.75) is 12.3 Å². The van der Waals surface area contributed by atoms with Crippen LogP contribution in [-0.2, 0) is 4.79 Å². The molecule has 2 aromatic carbocycles. The third-order valence-electron chi connectivity index (χ3n) is 4.93. The molecule has 1 saturated heterocycles. The molecule has 2 heterocycles. The van der Waals surface area contributed by atoms with Gasteiger partial charge in [-0.15, -0.1) is 10.2 Å². The molecule has 2 amide bonds. The highest BCUT2D eigenvalue weighted by Crippen LogP contribution is 2.35. The quantitative estimate of drug-likeness (QED) is 0.600. The summed E-state index contributed by atoms with van der Waals surface area (Å²) in [5.74, 6) is 0.268. The first-order valence-corrected chi connectivity index (χ1v) is 10.6. The summed E-state index contributed by atoms with van der Waals surface area (Å²) in [6.07, 6.45) is 0.325. The van der Waals surface area contributed by atoms with Crippen LogP contribution >= 0.6 is 22.9 Å². The summed E-state index contributed by atoms with van der Waals surface area (Å²) in [5, 5.41) is 12.7. The van der Waals surface area contributed by atoms with E-state index in [9.17, 15) is 9.59 Å². The third kappa shape index (κ3) is 4.33. The second kappa shape index (κ2) is 8.91. The number of nitrogens with one attached hydrogen (secondary N) is 1. The van der Waals surface area contributed by atoms with Crippen LogP contribution in [0.4, 0.5) is 10.8 Å². The van der Waals surface area contributed by atoms with E-state index in [2.05, 4.69) is 15.5 Å². The van der Waals surface area contributed by atoms with Gasteiger partial charge in [0.25, 0.3) is 5.91 Å². The maximum absolute atomic E-state index is 12.8. The number of methoxy groups -OCH3 is 2. The largest absolute Gasteiger partial charge is 0.496 e. The molecule has 1 atom stereocenters. The number of anilines is 2. The molecule has 0 bridgehead atoms. The Balaban J connectivity index is 1.49. The zero-order chi connectivity index (χ0) is 22.0. The molecule has 1 aliphatic heterocycles. The van der Waals surface area contributed by atoms with Crippen molar-refractivity contribution in [3.8, 4) is 11.5 Å². The van der Waals surface area contributed by atoms with Crippen LogP contribution in [0.5, 0.6) is 11.5 Å². The van der Waals surface area contributed by atoms with Crippen LogP contribution in [-0.4, -0.2) is 42.8 Å². The Morgan fingerprint density at radius 3 is 2.45 bits per heavy atom. The fourth-order valence-electron chi connectivity index (χ4n) is 3.43. The number of amides is 2. The number of hydrogen-bond acceptors (Lipinski definition) is 7. The van der Waals surface area contributed by atoms with Crippen molar-refractivity contribution in [1.82, 2.24) is 10.2 Å². The van der Waals surface area contributed by atoms with Gasteiger partial charge in [0.2, 0.25) is 11.0 Å². The van der Waals surface area contributed by atoms with Crippen LogP contribution in [0.3, 0.4) is 0 Å². The van der Waals surface area contributed by atoms with Crippen LogP contribution in [0.15, 0.2) is 42.5 Å². The molecule has 3 aromatic rings. The lowest BCUT2D eigenvalue weighted by atomic mass is 10.1. The zero-order valence-electron chi connectivity index (χ0n) is 16.8. The summed E-state index contributed by atoms with van der Waals surface area (Å²) in [5.41, 5.74) is 1.06. The maximum Gasteiger partial charge on any atom is 0.265 e. The lowest BCUT2D eigenvalue weighted by Gasteiger charge is -2.16. The van der Waals surface area contributed by atoms with E-state index < -0.39 is 5.91 Å². The average Bonchev–Trinajstić information content (AvgIpc) is 3.40. The van der Waals surface area contributed by atoms with Gasteiger partial charge in [0.1, 0.15) is 22.1 Å². The van der Waals surface area contributed by atoms with Gasteiger partial charge in [0.05, 0.1) is 14.2 Å². The summed E-state index contributed by atoms with van der Waals surface area (Å²) >= 11 is 7.18. The highest BCUT2D eigenvalue weighted by Gasteiger charge is 2.34. The van der Waals surface area contributed by atoms with E-state index in [-0.39, 0.29) is 17.4 Å². The van der Waals surface area contributed by atoms with E-state index >= 15 is 0 Å². The Morgan fingerprint density at radius 2 is 1.81 bits per heavy atom. The Hall–Kier alpha value is -3.17. The number of aromatic nitrogens is 2. The lowest BCUT2D eigenvalue weighted by Crippen LogP contribution is -2.24. The molecular formula is C21H19ClN4O4S. The number of carbonyl (C=O) groups is 2. The molecule has 4 rings (SSSR count). The second-order valence-corrected chi connectivity index (χ2v) is 8.26. The molecule has 1 aromatic heterocycles.